The van der Waals surface area contributed by atoms with E-state index in [2.05, 4.69) is 24.1 Å². The zero-order valence-corrected chi connectivity index (χ0v) is 9.94. The second-order valence-electron chi connectivity index (χ2n) is 4.46. The number of fused-ring (bicyclic) bond motifs is 1. The van der Waals surface area contributed by atoms with Gasteiger partial charge in [-0.3, -0.25) is 0 Å². The van der Waals surface area contributed by atoms with Crippen LogP contribution in [0.3, 0.4) is 0 Å². The highest BCUT2D eigenvalue weighted by molar-refractivity contribution is 5.60. The first-order chi connectivity index (χ1) is 7.66. The number of benzene rings is 1. The predicted octanol–water partition coefficient (Wildman–Crippen LogP) is 1.83. The summed E-state index contributed by atoms with van der Waals surface area (Å²) in [6.07, 6.45) is 1.49. The maximum absolute atomic E-state index is 9.27. The van der Waals surface area contributed by atoms with Crippen LogP contribution in [0.15, 0.2) is 18.2 Å². The van der Waals surface area contributed by atoms with Gasteiger partial charge in [0.05, 0.1) is 18.3 Å². The first-order valence-electron chi connectivity index (χ1n) is 5.82. The molecule has 1 aromatic carbocycles. The monoisotopic (exact) mass is 221 g/mol. The lowest BCUT2D eigenvalue weighted by atomic mass is 10.1. The zero-order valence-electron chi connectivity index (χ0n) is 9.94. The molecule has 1 aliphatic rings. The maximum Gasteiger partial charge on any atom is 0.142 e. The molecule has 0 aromatic heterocycles. The topological polar surface area (TPSA) is 32.7 Å². The van der Waals surface area contributed by atoms with E-state index in [-0.39, 0.29) is 6.10 Å². The van der Waals surface area contributed by atoms with Crippen molar-refractivity contribution in [1.29, 1.82) is 0 Å². The molecular formula is C13H19NO2. The quantitative estimate of drug-likeness (QED) is 0.845. The lowest BCUT2D eigenvalue weighted by Gasteiger charge is -2.28. The van der Waals surface area contributed by atoms with Gasteiger partial charge in [0, 0.05) is 7.05 Å². The Morgan fingerprint density at radius 2 is 2.31 bits per heavy atom. The Balaban J connectivity index is 2.14. The molecule has 0 radical (unpaired) electrons. The first-order valence-corrected chi connectivity index (χ1v) is 5.82. The Labute approximate surface area is 96.6 Å². The Morgan fingerprint density at radius 3 is 3.06 bits per heavy atom. The van der Waals surface area contributed by atoms with Crippen molar-refractivity contribution in [2.75, 3.05) is 25.1 Å². The van der Waals surface area contributed by atoms with E-state index in [1.807, 2.05) is 13.0 Å². The molecule has 0 fully saturated rings. The molecule has 16 heavy (non-hydrogen) atoms. The van der Waals surface area contributed by atoms with Gasteiger partial charge in [-0.2, -0.15) is 0 Å². The largest absolute Gasteiger partial charge is 0.490 e. The Bertz CT molecular complexity index is 363. The summed E-state index contributed by atoms with van der Waals surface area (Å²) in [6.45, 7) is 3.52. The van der Waals surface area contributed by atoms with Crippen LogP contribution in [-0.2, 0) is 6.42 Å². The van der Waals surface area contributed by atoms with Crippen LogP contribution in [0.4, 0.5) is 5.69 Å². The van der Waals surface area contributed by atoms with Crippen LogP contribution < -0.4 is 9.64 Å². The number of aliphatic hydroxyl groups is 1. The van der Waals surface area contributed by atoms with E-state index in [1.165, 1.54) is 5.56 Å². The number of rotatable bonds is 3. The minimum absolute atomic E-state index is 0.231. The summed E-state index contributed by atoms with van der Waals surface area (Å²) in [5.74, 6) is 0.967. The fraction of sp³-hybridized carbons (Fsp3) is 0.538. The molecule has 1 unspecified atom stereocenters. The van der Waals surface area contributed by atoms with Gasteiger partial charge in [0.15, 0.2) is 0 Å². The van der Waals surface area contributed by atoms with Crippen LogP contribution in [-0.4, -0.2) is 31.4 Å². The number of likely N-dealkylation sites (N-methyl/N-ethyl adjacent to an activating group) is 1. The summed E-state index contributed by atoms with van der Waals surface area (Å²) in [6, 6.07) is 6.28. The Hall–Kier alpha value is -1.22. The number of aryl methyl sites for hydroxylation is 1. The SMILES string of the molecule is CC(O)CCc1ccc2c(c1)N(C)CCO2. The van der Waals surface area contributed by atoms with Gasteiger partial charge in [0.1, 0.15) is 12.4 Å². The standard InChI is InChI=1S/C13H19NO2/c1-10(15)3-4-11-5-6-13-12(9-11)14(2)7-8-16-13/h5-6,9-10,15H,3-4,7-8H2,1-2H3. The molecule has 2 rings (SSSR count). The number of hydrogen-bond acceptors (Lipinski definition) is 3. The predicted molar refractivity (Wildman–Crippen MR) is 65.2 cm³/mol. The average Bonchev–Trinajstić information content (AvgIpc) is 2.27. The van der Waals surface area contributed by atoms with Crippen molar-refractivity contribution < 1.29 is 9.84 Å². The number of nitrogens with zero attached hydrogens (tertiary/aromatic N) is 1. The fourth-order valence-electron chi connectivity index (χ4n) is 1.93. The van der Waals surface area contributed by atoms with Gasteiger partial charge in [0.25, 0.3) is 0 Å². The summed E-state index contributed by atoms with van der Waals surface area (Å²) in [5, 5.41) is 9.27. The average molecular weight is 221 g/mol. The fourth-order valence-corrected chi connectivity index (χ4v) is 1.93. The normalized spacial score (nSPS) is 16.6. The van der Waals surface area contributed by atoms with Gasteiger partial charge in [-0.25, -0.2) is 0 Å². The van der Waals surface area contributed by atoms with Gasteiger partial charge in [-0.15, -0.1) is 0 Å². The van der Waals surface area contributed by atoms with Gasteiger partial charge in [-0.05, 0) is 37.5 Å². The summed E-state index contributed by atoms with van der Waals surface area (Å²) in [7, 11) is 2.08. The van der Waals surface area contributed by atoms with Crippen molar-refractivity contribution in [2.24, 2.45) is 0 Å². The molecule has 3 nitrogen and oxygen atoms in total. The van der Waals surface area contributed by atoms with Crippen molar-refractivity contribution in [3.63, 3.8) is 0 Å². The van der Waals surface area contributed by atoms with E-state index < -0.39 is 0 Å². The van der Waals surface area contributed by atoms with Crippen molar-refractivity contribution in [3.05, 3.63) is 23.8 Å². The first kappa shape index (κ1) is 11.3. The highest BCUT2D eigenvalue weighted by Crippen LogP contribution is 2.31. The Kier molecular flexibility index (Phi) is 3.34. The minimum Gasteiger partial charge on any atom is -0.490 e. The molecular weight excluding hydrogens is 202 g/mol. The molecule has 0 saturated heterocycles. The Morgan fingerprint density at radius 1 is 1.50 bits per heavy atom. The van der Waals surface area contributed by atoms with Crippen LogP contribution in [0.1, 0.15) is 18.9 Å². The minimum atomic E-state index is -0.231. The summed E-state index contributed by atoms with van der Waals surface area (Å²) < 4.78 is 5.58. The molecule has 0 amide bonds. The third-order valence-electron chi connectivity index (χ3n) is 2.97. The van der Waals surface area contributed by atoms with E-state index in [9.17, 15) is 5.11 Å². The van der Waals surface area contributed by atoms with Gasteiger partial charge in [0.2, 0.25) is 0 Å². The lowest BCUT2D eigenvalue weighted by Crippen LogP contribution is -2.28. The summed E-state index contributed by atoms with van der Waals surface area (Å²) in [5.41, 5.74) is 2.42. The van der Waals surface area contributed by atoms with Gasteiger partial charge >= 0.3 is 0 Å². The molecule has 0 spiro atoms. The number of anilines is 1. The number of aliphatic hydroxyl groups excluding tert-OH is 1. The summed E-state index contributed by atoms with van der Waals surface area (Å²) in [4.78, 5) is 2.21. The zero-order chi connectivity index (χ0) is 11.5. The highest BCUT2D eigenvalue weighted by Gasteiger charge is 2.14. The molecule has 1 aromatic rings. The highest BCUT2D eigenvalue weighted by atomic mass is 16.5. The van der Waals surface area contributed by atoms with E-state index in [0.29, 0.717) is 0 Å². The van der Waals surface area contributed by atoms with E-state index in [4.69, 9.17) is 4.74 Å². The van der Waals surface area contributed by atoms with E-state index >= 15 is 0 Å². The molecule has 1 atom stereocenters. The lowest BCUT2D eigenvalue weighted by molar-refractivity contribution is 0.185. The van der Waals surface area contributed by atoms with Crippen molar-refractivity contribution in [1.82, 2.24) is 0 Å². The van der Waals surface area contributed by atoms with Crippen molar-refractivity contribution in [2.45, 2.75) is 25.9 Å². The van der Waals surface area contributed by atoms with E-state index in [0.717, 1.165) is 37.4 Å². The third-order valence-corrected chi connectivity index (χ3v) is 2.97. The number of hydrogen-bond donors (Lipinski definition) is 1. The van der Waals surface area contributed by atoms with E-state index in [1.54, 1.807) is 0 Å². The van der Waals surface area contributed by atoms with Crippen LogP contribution >= 0.6 is 0 Å². The molecule has 1 aliphatic heterocycles. The van der Waals surface area contributed by atoms with Crippen molar-refractivity contribution >= 4 is 5.69 Å². The van der Waals surface area contributed by atoms with Crippen LogP contribution in [0.2, 0.25) is 0 Å². The third kappa shape index (κ3) is 2.47. The van der Waals surface area contributed by atoms with Crippen LogP contribution in [0.5, 0.6) is 5.75 Å². The molecule has 0 aliphatic carbocycles. The van der Waals surface area contributed by atoms with Gasteiger partial charge < -0.3 is 14.7 Å². The molecule has 88 valence electrons. The smallest absolute Gasteiger partial charge is 0.142 e. The molecule has 3 heteroatoms. The summed E-state index contributed by atoms with van der Waals surface area (Å²) >= 11 is 0. The molecule has 0 saturated carbocycles. The van der Waals surface area contributed by atoms with Crippen molar-refractivity contribution in [3.8, 4) is 5.75 Å². The van der Waals surface area contributed by atoms with Crippen LogP contribution in [0.25, 0.3) is 0 Å². The maximum atomic E-state index is 9.27. The second-order valence-corrected chi connectivity index (χ2v) is 4.46. The van der Waals surface area contributed by atoms with Crippen LogP contribution in [0, 0.1) is 0 Å². The second kappa shape index (κ2) is 4.74. The molecule has 1 heterocycles. The van der Waals surface area contributed by atoms with Gasteiger partial charge in [-0.1, -0.05) is 6.07 Å². The molecule has 1 N–H and O–H groups in total. The number of ether oxygens (including phenoxy) is 1. The molecule has 0 bridgehead atoms.